The highest BCUT2D eigenvalue weighted by atomic mass is 35.5. The van der Waals surface area contributed by atoms with Crippen molar-refractivity contribution in [3.05, 3.63) is 94.5 Å². The van der Waals surface area contributed by atoms with Gasteiger partial charge in [0, 0.05) is 10.6 Å². The number of benzene rings is 3. The van der Waals surface area contributed by atoms with Gasteiger partial charge < -0.3 is 9.84 Å². The number of aromatic nitrogens is 1. The molecule has 2 heterocycles. The summed E-state index contributed by atoms with van der Waals surface area (Å²) in [7, 11) is 1.57. The first-order chi connectivity index (χ1) is 16.0. The standard InChI is InChI=1S/C25H17ClN2O4S/c1-32-17-10-11-18-19(13-17)33-25(27-18)28-21(15-8-5-9-16(26)12-15)20(23(30)24(28)31)22(29)14-6-3-2-4-7-14/h2-13,21,29H,1H3. The third-order valence-electron chi connectivity index (χ3n) is 5.45. The van der Waals surface area contributed by atoms with Crippen molar-refractivity contribution in [2.45, 2.75) is 6.04 Å². The Morgan fingerprint density at radius 1 is 1.06 bits per heavy atom. The van der Waals surface area contributed by atoms with E-state index in [-0.39, 0.29) is 11.3 Å². The first kappa shape index (κ1) is 21.2. The first-order valence-corrected chi connectivity index (χ1v) is 11.2. The Hall–Kier alpha value is -3.68. The Balaban J connectivity index is 1.73. The SMILES string of the molecule is COc1ccc2nc(N3C(=O)C(=O)C(=C(O)c4ccccc4)C3c3cccc(Cl)c3)sc2c1. The molecule has 1 aliphatic heterocycles. The maximum atomic E-state index is 13.3. The number of methoxy groups -OCH3 is 1. The van der Waals surface area contributed by atoms with E-state index in [4.69, 9.17) is 16.3 Å². The largest absolute Gasteiger partial charge is 0.507 e. The molecule has 5 rings (SSSR count). The van der Waals surface area contributed by atoms with Crippen LogP contribution in [-0.2, 0) is 9.59 Å². The number of carbonyl (C=O) groups is 2. The molecule has 1 atom stereocenters. The average Bonchev–Trinajstić information content (AvgIpc) is 3.37. The zero-order chi connectivity index (χ0) is 23.1. The number of ether oxygens (including phenoxy) is 1. The third-order valence-corrected chi connectivity index (χ3v) is 6.70. The molecule has 0 radical (unpaired) electrons. The highest BCUT2D eigenvalue weighted by molar-refractivity contribution is 7.22. The number of carbonyl (C=O) groups excluding carboxylic acids is 2. The molecule has 1 fully saturated rings. The summed E-state index contributed by atoms with van der Waals surface area (Å²) in [6, 6.07) is 20.1. The molecule has 4 aromatic rings. The Kier molecular flexibility index (Phi) is 5.36. The van der Waals surface area contributed by atoms with Crippen molar-refractivity contribution >= 4 is 55.7 Å². The maximum absolute atomic E-state index is 13.3. The highest BCUT2D eigenvalue weighted by Crippen LogP contribution is 2.44. The van der Waals surface area contributed by atoms with Crippen molar-refractivity contribution in [2.75, 3.05) is 12.0 Å². The summed E-state index contributed by atoms with van der Waals surface area (Å²) in [6.07, 6.45) is 0. The van der Waals surface area contributed by atoms with E-state index >= 15 is 0 Å². The van der Waals surface area contributed by atoms with Crippen LogP contribution in [0.25, 0.3) is 16.0 Å². The molecule has 1 N–H and O–H groups in total. The molecule has 1 saturated heterocycles. The number of halogens is 1. The smallest absolute Gasteiger partial charge is 0.301 e. The normalized spacial score (nSPS) is 17.6. The number of aliphatic hydroxyl groups excluding tert-OH is 1. The van der Waals surface area contributed by atoms with Crippen molar-refractivity contribution in [2.24, 2.45) is 0 Å². The van der Waals surface area contributed by atoms with Crippen LogP contribution < -0.4 is 9.64 Å². The van der Waals surface area contributed by atoms with Gasteiger partial charge in [0.25, 0.3) is 5.78 Å². The van der Waals surface area contributed by atoms with Gasteiger partial charge in [-0.25, -0.2) is 4.98 Å². The molecule has 0 aliphatic carbocycles. The molecule has 1 unspecified atom stereocenters. The number of ketones is 1. The topological polar surface area (TPSA) is 79.7 Å². The molecule has 0 saturated carbocycles. The van der Waals surface area contributed by atoms with Crippen molar-refractivity contribution in [1.82, 2.24) is 4.98 Å². The van der Waals surface area contributed by atoms with Crippen LogP contribution in [0.3, 0.4) is 0 Å². The van der Waals surface area contributed by atoms with Gasteiger partial charge >= 0.3 is 5.91 Å². The van der Waals surface area contributed by atoms with Crippen LogP contribution in [-0.4, -0.2) is 28.9 Å². The number of thiazole rings is 1. The lowest BCUT2D eigenvalue weighted by Crippen LogP contribution is -2.29. The lowest BCUT2D eigenvalue weighted by Gasteiger charge is -2.23. The van der Waals surface area contributed by atoms with Crippen LogP contribution in [0, 0.1) is 0 Å². The lowest BCUT2D eigenvalue weighted by molar-refractivity contribution is -0.132. The van der Waals surface area contributed by atoms with Crippen LogP contribution in [0.1, 0.15) is 17.2 Å². The number of fused-ring (bicyclic) bond motifs is 1. The van der Waals surface area contributed by atoms with Crippen LogP contribution in [0.15, 0.2) is 78.4 Å². The minimum atomic E-state index is -0.883. The minimum absolute atomic E-state index is 0.00898. The molecular formula is C25H17ClN2O4S. The second-order valence-corrected chi connectivity index (χ2v) is 8.87. The fourth-order valence-corrected chi connectivity index (χ4v) is 5.12. The number of Topliss-reactive ketones (excluding diaryl/α,β-unsaturated/α-hetero) is 1. The zero-order valence-corrected chi connectivity index (χ0v) is 18.9. The fourth-order valence-electron chi connectivity index (χ4n) is 3.90. The molecular weight excluding hydrogens is 460 g/mol. The van der Waals surface area contributed by atoms with Gasteiger partial charge in [-0.2, -0.15) is 0 Å². The van der Waals surface area contributed by atoms with Gasteiger partial charge in [-0.1, -0.05) is 65.4 Å². The Labute approximate surface area is 198 Å². The maximum Gasteiger partial charge on any atom is 0.301 e. The third kappa shape index (κ3) is 3.65. The number of rotatable bonds is 4. The van der Waals surface area contributed by atoms with Crippen molar-refractivity contribution in [1.29, 1.82) is 0 Å². The number of anilines is 1. The Bertz CT molecular complexity index is 1430. The van der Waals surface area contributed by atoms with Crippen molar-refractivity contribution in [3.8, 4) is 5.75 Å². The Morgan fingerprint density at radius 2 is 1.85 bits per heavy atom. The summed E-state index contributed by atoms with van der Waals surface area (Å²) in [4.78, 5) is 32.4. The minimum Gasteiger partial charge on any atom is -0.507 e. The summed E-state index contributed by atoms with van der Waals surface area (Å²) in [6.45, 7) is 0. The summed E-state index contributed by atoms with van der Waals surface area (Å²) in [5, 5.41) is 11.9. The predicted octanol–water partition coefficient (Wildman–Crippen LogP) is 5.58. The van der Waals surface area contributed by atoms with E-state index in [0.29, 0.717) is 32.5 Å². The molecule has 3 aromatic carbocycles. The quantitative estimate of drug-likeness (QED) is 0.236. The van der Waals surface area contributed by atoms with E-state index in [9.17, 15) is 14.7 Å². The molecule has 6 nitrogen and oxygen atoms in total. The summed E-state index contributed by atoms with van der Waals surface area (Å²) >= 11 is 7.50. The van der Waals surface area contributed by atoms with Crippen LogP contribution in [0.2, 0.25) is 5.02 Å². The van der Waals surface area contributed by atoms with E-state index in [1.807, 2.05) is 6.07 Å². The molecule has 1 aliphatic rings. The van der Waals surface area contributed by atoms with Crippen molar-refractivity contribution < 1.29 is 19.4 Å². The van der Waals surface area contributed by atoms with E-state index in [2.05, 4.69) is 4.98 Å². The van der Waals surface area contributed by atoms with Gasteiger partial charge in [0.05, 0.1) is 28.9 Å². The zero-order valence-electron chi connectivity index (χ0n) is 17.4. The number of aliphatic hydroxyl groups is 1. The summed E-state index contributed by atoms with van der Waals surface area (Å²) in [5.74, 6) is -1.12. The number of hydrogen-bond donors (Lipinski definition) is 1. The van der Waals surface area contributed by atoms with Gasteiger partial charge in [-0.3, -0.25) is 14.5 Å². The van der Waals surface area contributed by atoms with Gasteiger partial charge in [0.1, 0.15) is 11.5 Å². The number of amides is 1. The van der Waals surface area contributed by atoms with Crippen LogP contribution in [0.5, 0.6) is 5.75 Å². The van der Waals surface area contributed by atoms with Gasteiger partial charge in [0.2, 0.25) is 0 Å². The second kappa shape index (κ2) is 8.35. The first-order valence-electron chi connectivity index (χ1n) is 10.0. The summed E-state index contributed by atoms with van der Waals surface area (Å²) in [5.41, 5.74) is 1.70. The number of hydrogen-bond acceptors (Lipinski definition) is 6. The van der Waals surface area contributed by atoms with E-state index in [0.717, 1.165) is 4.70 Å². The molecule has 8 heteroatoms. The van der Waals surface area contributed by atoms with Gasteiger partial charge in [0.15, 0.2) is 5.13 Å². The molecule has 0 bridgehead atoms. The highest BCUT2D eigenvalue weighted by Gasteiger charge is 2.48. The van der Waals surface area contributed by atoms with Crippen LogP contribution >= 0.6 is 22.9 Å². The lowest BCUT2D eigenvalue weighted by atomic mass is 9.95. The Morgan fingerprint density at radius 3 is 2.58 bits per heavy atom. The van der Waals surface area contributed by atoms with Crippen molar-refractivity contribution in [3.63, 3.8) is 0 Å². The van der Waals surface area contributed by atoms with Gasteiger partial charge in [-0.05, 0) is 35.9 Å². The fraction of sp³-hybridized carbons (Fsp3) is 0.0800. The van der Waals surface area contributed by atoms with E-state index in [1.165, 1.54) is 16.2 Å². The van der Waals surface area contributed by atoms with Gasteiger partial charge in [-0.15, -0.1) is 0 Å². The second-order valence-electron chi connectivity index (χ2n) is 7.42. The molecule has 0 spiro atoms. The van der Waals surface area contributed by atoms with E-state index < -0.39 is 17.7 Å². The van der Waals surface area contributed by atoms with Crippen LogP contribution in [0.4, 0.5) is 5.13 Å². The van der Waals surface area contributed by atoms with E-state index in [1.54, 1.807) is 73.8 Å². The molecule has 1 aromatic heterocycles. The molecule has 164 valence electrons. The molecule has 1 amide bonds. The summed E-state index contributed by atoms with van der Waals surface area (Å²) < 4.78 is 6.09. The average molecular weight is 477 g/mol. The predicted molar refractivity (Wildman–Crippen MR) is 129 cm³/mol. The number of nitrogens with zero attached hydrogens (tertiary/aromatic N) is 2. The molecule has 33 heavy (non-hydrogen) atoms. The monoisotopic (exact) mass is 476 g/mol.